The van der Waals surface area contributed by atoms with Crippen LogP contribution in [0.2, 0.25) is 0 Å². The molecule has 0 aliphatic carbocycles. The van der Waals surface area contributed by atoms with Crippen LogP contribution in [0.5, 0.6) is 0 Å². The summed E-state index contributed by atoms with van der Waals surface area (Å²) in [6.45, 7) is 0. The molecule has 0 bridgehead atoms. The van der Waals surface area contributed by atoms with Crippen LogP contribution in [-0.2, 0) is 11.0 Å². The van der Waals surface area contributed by atoms with Gasteiger partial charge in [0, 0.05) is 9.75 Å². The summed E-state index contributed by atoms with van der Waals surface area (Å²) in [4.78, 5) is 24.4. The Hall–Kier alpha value is -2.06. The molecule has 3 rings (SSSR count). The van der Waals surface area contributed by atoms with Gasteiger partial charge in [-0.1, -0.05) is 12.1 Å². The van der Waals surface area contributed by atoms with E-state index in [-0.39, 0.29) is 0 Å². The molecule has 1 saturated heterocycles. The Morgan fingerprint density at radius 3 is 2.26 bits per heavy atom. The Morgan fingerprint density at radius 1 is 1.00 bits per heavy atom. The molecule has 0 radical (unpaired) electrons. The topological polar surface area (TPSA) is 46.2 Å². The number of rotatable bonds is 2. The number of imide groups is 1. The quantitative estimate of drug-likeness (QED) is 0.790. The molecule has 0 saturated carbocycles. The fourth-order valence-corrected chi connectivity index (χ4v) is 3.66. The Kier molecular flexibility index (Phi) is 4.03. The average molecular weight is 355 g/mol. The Balaban J connectivity index is 1.84. The molecule has 1 aromatic heterocycles. The molecule has 118 valence electrons. The van der Waals surface area contributed by atoms with Crippen molar-refractivity contribution in [2.24, 2.45) is 0 Å². The van der Waals surface area contributed by atoms with Crippen LogP contribution in [0.4, 0.5) is 18.0 Å². The van der Waals surface area contributed by atoms with Crippen molar-refractivity contribution in [3.63, 3.8) is 0 Å². The van der Waals surface area contributed by atoms with E-state index in [9.17, 15) is 22.8 Å². The normalized spacial score (nSPS) is 16.9. The van der Waals surface area contributed by atoms with Gasteiger partial charge in [-0.3, -0.25) is 14.9 Å². The summed E-state index contributed by atoms with van der Waals surface area (Å²) in [6.07, 6.45) is -2.77. The van der Waals surface area contributed by atoms with Crippen LogP contribution in [0.25, 0.3) is 16.5 Å². The molecule has 0 spiro atoms. The van der Waals surface area contributed by atoms with Gasteiger partial charge in [-0.15, -0.1) is 11.3 Å². The maximum absolute atomic E-state index is 12.5. The zero-order valence-electron chi connectivity index (χ0n) is 11.3. The third-order valence-electron chi connectivity index (χ3n) is 3.04. The van der Waals surface area contributed by atoms with Crippen LogP contribution in [0.1, 0.15) is 10.4 Å². The number of halogens is 3. The van der Waals surface area contributed by atoms with Crippen LogP contribution in [0.15, 0.2) is 41.3 Å². The molecule has 1 N–H and O–H groups in total. The lowest BCUT2D eigenvalue weighted by molar-refractivity contribution is -0.137. The first kappa shape index (κ1) is 15.8. The fraction of sp³-hybridized carbons (Fsp3) is 0.0667. The Morgan fingerprint density at radius 2 is 1.70 bits per heavy atom. The monoisotopic (exact) mass is 355 g/mol. The maximum atomic E-state index is 12.5. The second kappa shape index (κ2) is 5.86. The molecule has 3 nitrogen and oxygen atoms in total. The van der Waals surface area contributed by atoms with Crippen molar-refractivity contribution in [1.82, 2.24) is 5.32 Å². The lowest BCUT2D eigenvalue weighted by Crippen LogP contribution is -2.17. The standard InChI is InChI=1S/C15H8F3NO2S2/c16-15(17,18)9-3-1-8(2-4-9)11-6-5-10(22-11)7-12-13(20)19-14(21)23-12/h1-7H,(H,19,20,21). The van der Waals surface area contributed by atoms with Crippen LogP contribution < -0.4 is 5.32 Å². The van der Waals surface area contributed by atoms with Gasteiger partial charge >= 0.3 is 6.18 Å². The number of nitrogens with one attached hydrogen (secondary N) is 1. The first-order valence-corrected chi connectivity index (χ1v) is 7.98. The summed E-state index contributed by atoms with van der Waals surface area (Å²) in [5, 5.41) is 1.74. The molecule has 0 unspecified atom stereocenters. The SMILES string of the molecule is O=C1NC(=O)C(=Cc2ccc(-c3ccc(C(F)(F)F)cc3)s2)S1. The summed E-state index contributed by atoms with van der Waals surface area (Å²) in [7, 11) is 0. The number of alkyl halides is 3. The second-order valence-corrected chi connectivity index (χ2v) is 6.76. The minimum atomic E-state index is -4.36. The van der Waals surface area contributed by atoms with Gasteiger partial charge in [-0.2, -0.15) is 13.2 Å². The lowest BCUT2D eigenvalue weighted by Gasteiger charge is -2.06. The van der Waals surface area contributed by atoms with E-state index in [1.807, 2.05) is 0 Å². The molecule has 2 aromatic rings. The maximum Gasteiger partial charge on any atom is 0.416 e. The predicted molar refractivity (Wildman–Crippen MR) is 83.9 cm³/mol. The summed E-state index contributed by atoms with van der Waals surface area (Å²) in [5.74, 6) is -0.440. The number of hydrogen-bond acceptors (Lipinski definition) is 4. The number of hydrogen-bond donors (Lipinski definition) is 1. The lowest BCUT2D eigenvalue weighted by atomic mass is 10.1. The van der Waals surface area contributed by atoms with E-state index in [2.05, 4.69) is 5.32 Å². The molecule has 0 atom stereocenters. The highest BCUT2D eigenvalue weighted by Crippen LogP contribution is 2.34. The number of carbonyl (C=O) groups is 2. The molecule has 1 aliphatic rings. The van der Waals surface area contributed by atoms with Gasteiger partial charge in [-0.25, -0.2) is 0 Å². The second-order valence-electron chi connectivity index (χ2n) is 4.63. The van der Waals surface area contributed by atoms with Gasteiger partial charge in [0.05, 0.1) is 10.5 Å². The van der Waals surface area contributed by atoms with Crippen molar-refractivity contribution >= 4 is 40.3 Å². The fourth-order valence-electron chi connectivity index (χ4n) is 1.96. The molecular formula is C15H8F3NO2S2. The van der Waals surface area contributed by atoms with E-state index in [0.717, 1.165) is 33.6 Å². The summed E-state index contributed by atoms with van der Waals surface area (Å²) in [6, 6.07) is 8.40. The van der Waals surface area contributed by atoms with E-state index < -0.39 is 22.9 Å². The zero-order chi connectivity index (χ0) is 16.6. The number of thioether (sulfide) groups is 1. The van der Waals surface area contributed by atoms with E-state index in [1.54, 1.807) is 18.2 Å². The van der Waals surface area contributed by atoms with Gasteiger partial charge in [0.15, 0.2) is 0 Å². The van der Waals surface area contributed by atoms with Crippen molar-refractivity contribution < 1.29 is 22.8 Å². The van der Waals surface area contributed by atoms with E-state index >= 15 is 0 Å². The number of amides is 2. The van der Waals surface area contributed by atoms with E-state index in [1.165, 1.54) is 23.5 Å². The van der Waals surface area contributed by atoms with Crippen molar-refractivity contribution in [1.29, 1.82) is 0 Å². The van der Waals surface area contributed by atoms with Crippen LogP contribution >= 0.6 is 23.1 Å². The zero-order valence-corrected chi connectivity index (χ0v) is 12.9. The summed E-state index contributed by atoms with van der Waals surface area (Å²) >= 11 is 2.15. The highest BCUT2D eigenvalue weighted by atomic mass is 32.2. The van der Waals surface area contributed by atoms with Crippen molar-refractivity contribution in [3.05, 3.63) is 51.7 Å². The summed E-state index contributed by atoms with van der Waals surface area (Å²) < 4.78 is 37.6. The summed E-state index contributed by atoms with van der Waals surface area (Å²) in [5.41, 5.74) is -0.0371. The van der Waals surface area contributed by atoms with Crippen molar-refractivity contribution in [2.75, 3.05) is 0 Å². The third kappa shape index (κ3) is 3.48. The minimum absolute atomic E-state index is 0.302. The van der Waals surface area contributed by atoms with Crippen LogP contribution in [0, 0.1) is 0 Å². The van der Waals surface area contributed by atoms with Gasteiger partial charge in [0.25, 0.3) is 11.1 Å². The largest absolute Gasteiger partial charge is 0.416 e. The van der Waals surface area contributed by atoms with Gasteiger partial charge in [0.1, 0.15) is 0 Å². The minimum Gasteiger partial charge on any atom is -0.282 e. The highest BCUT2D eigenvalue weighted by Gasteiger charge is 2.30. The Labute approximate surface area is 137 Å². The Bertz CT molecular complexity index is 807. The smallest absolute Gasteiger partial charge is 0.282 e. The van der Waals surface area contributed by atoms with Crippen molar-refractivity contribution in [2.45, 2.75) is 6.18 Å². The number of thiophene rings is 1. The molecule has 1 aliphatic heterocycles. The van der Waals surface area contributed by atoms with Gasteiger partial charge in [-0.05, 0) is 47.7 Å². The van der Waals surface area contributed by atoms with Crippen LogP contribution in [-0.4, -0.2) is 11.1 Å². The first-order valence-electron chi connectivity index (χ1n) is 6.35. The first-order chi connectivity index (χ1) is 10.8. The highest BCUT2D eigenvalue weighted by molar-refractivity contribution is 8.18. The molecule has 1 fully saturated rings. The van der Waals surface area contributed by atoms with E-state index in [4.69, 9.17) is 0 Å². The number of benzene rings is 1. The molecule has 2 amide bonds. The van der Waals surface area contributed by atoms with Gasteiger partial charge < -0.3 is 0 Å². The van der Waals surface area contributed by atoms with E-state index in [0.29, 0.717) is 10.5 Å². The molecular weight excluding hydrogens is 347 g/mol. The molecule has 8 heteroatoms. The predicted octanol–water partition coefficient (Wildman–Crippen LogP) is 4.76. The molecule has 1 aromatic carbocycles. The third-order valence-corrected chi connectivity index (χ3v) is 4.93. The number of carbonyl (C=O) groups excluding carboxylic acids is 2. The average Bonchev–Trinajstić information content (AvgIpc) is 3.06. The van der Waals surface area contributed by atoms with Crippen LogP contribution in [0.3, 0.4) is 0 Å². The molecule has 23 heavy (non-hydrogen) atoms. The van der Waals surface area contributed by atoms with Crippen molar-refractivity contribution in [3.8, 4) is 10.4 Å². The van der Waals surface area contributed by atoms with Gasteiger partial charge in [0.2, 0.25) is 0 Å². The molecule has 2 heterocycles.